The van der Waals surface area contributed by atoms with Gasteiger partial charge in [0.15, 0.2) is 11.6 Å². The van der Waals surface area contributed by atoms with Crippen molar-refractivity contribution in [1.82, 2.24) is 0 Å². The number of allylic oxidation sites excluding steroid dienone is 4. The van der Waals surface area contributed by atoms with Gasteiger partial charge in [-0.05, 0) is 97.4 Å². The third-order valence-corrected chi connectivity index (χ3v) is 12.9. The molecule has 3 saturated carbocycles. The first-order valence-corrected chi connectivity index (χ1v) is 14.8. The Labute approximate surface area is 228 Å². The van der Waals surface area contributed by atoms with Gasteiger partial charge in [0.1, 0.15) is 6.07 Å². The normalized spacial score (nSPS) is 45.7. The Morgan fingerprint density at radius 2 is 1.66 bits per heavy atom. The molecule has 38 heavy (non-hydrogen) atoms. The zero-order valence-electron chi connectivity index (χ0n) is 24.2. The van der Waals surface area contributed by atoms with Crippen LogP contribution in [0.5, 0.6) is 0 Å². The van der Waals surface area contributed by atoms with Gasteiger partial charge in [0, 0.05) is 23.7 Å². The van der Waals surface area contributed by atoms with Crippen molar-refractivity contribution in [3.8, 4) is 6.07 Å². The third kappa shape index (κ3) is 3.65. The lowest BCUT2D eigenvalue weighted by Gasteiger charge is -2.67. The highest BCUT2D eigenvalue weighted by atomic mass is 16.4. The molecule has 0 radical (unpaired) electrons. The maximum Gasteiger partial charge on any atom is 0.303 e. The van der Waals surface area contributed by atoms with Gasteiger partial charge in [0.05, 0.1) is 5.57 Å². The fourth-order valence-electron chi connectivity index (χ4n) is 10.3. The molecule has 0 aliphatic heterocycles. The zero-order valence-corrected chi connectivity index (χ0v) is 24.2. The monoisotopic (exact) mass is 519 g/mol. The smallest absolute Gasteiger partial charge is 0.303 e. The summed E-state index contributed by atoms with van der Waals surface area (Å²) in [5.74, 6) is -0.677. The van der Waals surface area contributed by atoms with Crippen LogP contribution in [0.15, 0.2) is 23.3 Å². The van der Waals surface area contributed by atoms with Crippen molar-refractivity contribution < 1.29 is 19.5 Å². The summed E-state index contributed by atoms with van der Waals surface area (Å²) in [5.41, 5.74) is 0.523. The molecule has 5 rings (SSSR count). The quantitative estimate of drug-likeness (QED) is 0.430. The molecule has 0 aromatic rings. The lowest BCUT2D eigenvalue weighted by Crippen LogP contribution is -2.63. The molecule has 0 spiro atoms. The molecule has 0 bridgehead atoms. The number of carboxylic acid groups (broad SMARTS) is 1. The number of Topliss-reactive ketones (excluding diaryl/α,β-unsaturated/α-hetero) is 1. The van der Waals surface area contributed by atoms with E-state index in [9.17, 15) is 24.8 Å². The molecular weight excluding hydrogens is 474 g/mol. The summed E-state index contributed by atoms with van der Waals surface area (Å²) in [6.07, 6.45) is 12.5. The van der Waals surface area contributed by atoms with Gasteiger partial charge in [0.2, 0.25) is 0 Å². The fourth-order valence-corrected chi connectivity index (χ4v) is 10.3. The third-order valence-electron chi connectivity index (χ3n) is 12.9. The summed E-state index contributed by atoms with van der Waals surface area (Å²) in [6, 6.07) is 2.16. The number of fused-ring (bicyclic) bond motifs is 7. The second kappa shape index (κ2) is 8.64. The highest BCUT2D eigenvalue weighted by Gasteiger charge is 2.68. The number of nitriles is 1. The molecule has 5 aliphatic rings. The predicted octanol–water partition coefficient (Wildman–Crippen LogP) is 7.07. The maximum absolute atomic E-state index is 14.4. The number of ketones is 2. The fraction of sp³-hybridized carbons (Fsp3) is 0.758. The van der Waals surface area contributed by atoms with Crippen molar-refractivity contribution in [3.05, 3.63) is 23.3 Å². The number of carbonyl (C=O) groups is 3. The van der Waals surface area contributed by atoms with Crippen LogP contribution >= 0.6 is 0 Å². The Morgan fingerprint density at radius 3 is 2.32 bits per heavy atom. The van der Waals surface area contributed by atoms with Gasteiger partial charge in [-0.3, -0.25) is 14.4 Å². The van der Waals surface area contributed by atoms with Crippen LogP contribution in [0, 0.1) is 62.1 Å². The second-order valence-corrected chi connectivity index (χ2v) is 15.0. The highest BCUT2D eigenvalue weighted by molar-refractivity contribution is 6.02. The van der Waals surface area contributed by atoms with Crippen LogP contribution in [0.4, 0.5) is 0 Å². The van der Waals surface area contributed by atoms with E-state index in [1.54, 1.807) is 0 Å². The number of hydrogen-bond donors (Lipinski definition) is 1. The van der Waals surface area contributed by atoms with Crippen LogP contribution in [-0.4, -0.2) is 22.6 Å². The molecule has 206 valence electrons. The number of aliphatic carboxylic acids is 1. The molecule has 8 atom stereocenters. The van der Waals surface area contributed by atoms with E-state index in [-0.39, 0.29) is 68.9 Å². The minimum absolute atomic E-state index is 0.0626. The number of carbonyl (C=O) groups excluding carboxylic acids is 2. The van der Waals surface area contributed by atoms with E-state index < -0.39 is 11.4 Å². The van der Waals surface area contributed by atoms with Gasteiger partial charge >= 0.3 is 5.97 Å². The predicted molar refractivity (Wildman–Crippen MR) is 146 cm³/mol. The Bertz CT molecular complexity index is 1190. The lowest BCUT2D eigenvalue weighted by molar-refractivity contribution is -0.160. The molecule has 0 aromatic carbocycles. The Balaban J connectivity index is 1.64. The molecule has 0 amide bonds. The standard InChI is InChI=1S/C33H45NO4/c1-20-22-8-11-31(5)25(30(22,4)18-21(19-34)28(20)38)17-24(35)27-23-7-10-29(2,3)13-15-33(23,12-9-26(36)37)16-14-32(27,31)6/h17-18,20,22-23,27H,7-16H2,1-6H3,(H,36,37)/t20-,22-,23?,27?,30?,31+,32+,33?/m0/s1. The topological polar surface area (TPSA) is 95.2 Å². The average Bonchev–Trinajstić information content (AvgIpc) is 2.98. The summed E-state index contributed by atoms with van der Waals surface area (Å²) < 4.78 is 0. The van der Waals surface area contributed by atoms with Gasteiger partial charge in [0.25, 0.3) is 0 Å². The number of rotatable bonds is 3. The molecule has 5 heteroatoms. The van der Waals surface area contributed by atoms with E-state index in [0.29, 0.717) is 6.42 Å². The summed E-state index contributed by atoms with van der Waals surface area (Å²) >= 11 is 0. The Kier molecular flexibility index (Phi) is 6.22. The van der Waals surface area contributed by atoms with E-state index in [4.69, 9.17) is 0 Å². The number of nitrogens with zero attached hydrogens (tertiary/aromatic N) is 1. The van der Waals surface area contributed by atoms with Gasteiger partial charge in [-0.1, -0.05) is 53.2 Å². The van der Waals surface area contributed by atoms with Crippen LogP contribution in [0.2, 0.25) is 0 Å². The number of carboxylic acids is 1. The van der Waals surface area contributed by atoms with Crippen LogP contribution in [0.1, 0.15) is 106 Å². The summed E-state index contributed by atoms with van der Waals surface area (Å²) in [6.45, 7) is 13.5. The largest absolute Gasteiger partial charge is 0.481 e. The van der Waals surface area contributed by atoms with E-state index in [2.05, 4.69) is 40.7 Å². The lowest BCUT2D eigenvalue weighted by atomic mass is 9.36. The Hall–Kier alpha value is -2.22. The molecule has 5 nitrogen and oxygen atoms in total. The minimum atomic E-state index is -0.744. The van der Waals surface area contributed by atoms with Crippen molar-refractivity contribution in [1.29, 1.82) is 5.26 Å². The first-order valence-electron chi connectivity index (χ1n) is 14.8. The summed E-state index contributed by atoms with van der Waals surface area (Å²) in [7, 11) is 0. The maximum atomic E-state index is 14.4. The van der Waals surface area contributed by atoms with Crippen LogP contribution in [0.3, 0.4) is 0 Å². The molecule has 1 N–H and O–H groups in total. The molecular formula is C33H45NO4. The molecule has 5 aliphatic carbocycles. The van der Waals surface area contributed by atoms with Crippen molar-refractivity contribution in [2.75, 3.05) is 0 Å². The molecule has 0 heterocycles. The summed E-state index contributed by atoms with van der Waals surface area (Å²) in [5, 5.41) is 19.4. The van der Waals surface area contributed by atoms with Gasteiger partial charge in [-0.2, -0.15) is 5.26 Å². The Morgan fingerprint density at radius 1 is 1.00 bits per heavy atom. The van der Waals surface area contributed by atoms with Gasteiger partial charge < -0.3 is 5.11 Å². The molecule has 3 fully saturated rings. The van der Waals surface area contributed by atoms with Crippen LogP contribution < -0.4 is 0 Å². The second-order valence-electron chi connectivity index (χ2n) is 15.0. The van der Waals surface area contributed by atoms with Crippen molar-refractivity contribution in [2.45, 2.75) is 106 Å². The molecule has 0 saturated heterocycles. The van der Waals surface area contributed by atoms with Crippen molar-refractivity contribution in [2.24, 2.45) is 50.7 Å². The zero-order chi connectivity index (χ0) is 27.9. The van der Waals surface area contributed by atoms with Crippen molar-refractivity contribution >= 4 is 17.5 Å². The highest BCUT2D eigenvalue weighted by Crippen LogP contribution is 2.73. The first-order chi connectivity index (χ1) is 17.6. The van der Waals surface area contributed by atoms with Gasteiger partial charge in [-0.25, -0.2) is 0 Å². The molecule has 4 unspecified atom stereocenters. The first kappa shape index (κ1) is 27.4. The van der Waals surface area contributed by atoms with Gasteiger partial charge in [-0.15, -0.1) is 0 Å². The minimum Gasteiger partial charge on any atom is -0.481 e. The van der Waals surface area contributed by atoms with Crippen molar-refractivity contribution in [3.63, 3.8) is 0 Å². The van der Waals surface area contributed by atoms with E-state index >= 15 is 0 Å². The molecule has 0 aromatic heterocycles. The number of hydrogen-bond acceptors (Lipinski definition) is 4. The average molecular weight is 520 g/mol. The van der Waals surface area contributed by atoms with E-state index in [0.717, 1.165) is 56.9 Å². The van der Waals surface area contributed by atoms with Crippen LogP contribution in [0.25, 0.3) is 0 Å². The van der Waals surface area contributed by atoms with Crippen LogP contribution in [-0.2, 0) is 14.4 Å². The van der Waals surface area contributed by atoms with E-state index in [1.165, 1.54) is 0 Å². The SMILES string of the molecule is C[C@@H]1C(=O)C(C#N)=CC2(C)C3=CC(=O)C4C5CCC(C)(C)CCC5(CCC(=O)O)CC[C@@]4(C)[C@]3(C)CC[C@@H]12. The summed E-state index contributed by atoms with van der Waals surface area (Å²) in [4.78, 5) is 39.0. The van der Waals surface area contributed by atoms with E-state index in [1.807, 2.05) is 19.1 Å².